The van der Waals surface area contributed by atoms with Crippen molar-refractivity contribution in [2.75, 3.05) is 5.32 Å². The standard InChI is InChI=1S/C15H17BrN6O2/c1-8-13(16)10(3)22(18-8)7-21-6-5-12(19-21)15(23)17-14-9(2)20-24-11(14)4/h5-6H,7H2,1-4H3,(H,17,23). The van der Waals surface area contributed by atoms with Crippen molar-refractivity contribution in [2.45, 2.75) is 34.4 Å². The molecule has 0 aliphatic heterocycles. The Balaban J connectivity index is 1.75. The van der Waals surface area contributed by atoms with Crippen molar-refractivity contribution in [3.8, 4) is 0 Å². The molecule has 0 unspecified atom stereocenters. The molecule has 0 fully saturated rings. The van der Waals surface area contributed by atoms with Crippen LogP contribution in [0.3, 0.4) is 0 Å². The van der Waals surface area contributed by atoms with Crippen LogP contribution in [0.2, 0.25) is 0 Å². The van der Waals surface area contributed by atoms with E-state index in [0.717, 1.165) is 15.9 Å². The fraction of sp³-hybridized carbons (Fsp3) is 0.333. The first-order valence-electron chi connectivity index (χ1n) is 7.34. The van der Waals surface area contributed by atoms with Gasteiger partial charge in [0, 0.05) is 6.20 Å². The maximum absolute atomic E-state index is 12.3. The van der Waals surface area contributed by atoms with Crippen LogP contribution in [-0.2, 0) is 6.67 Å². The van der Waals surface area contributed by atoms with Crippen LogP contribution in [0.25, 0.3) is 0 Å². The molecule has 126 valence electrons. The number of carbonyl (C=O) groups excluding carboxylic acids is 1. The monoisotopic (exact) mass is 392 g/mol. The van der Waals surface area contributed by atoms with E-state index in [1.165, 1.54) is 0 Å². The van der Waals surface area contributed by atoms with Gasteiger partial charge in [-0.3, -0.25) is 9.48 Å². The lowest BCUT2D eigenvalue weighted by atomic mass is 10.3. The maximum atomic E-state index is 12.3. The fourth-order valence-corrected chi connectivity index (χ4v) is 2.63. The molecule has 3 rings (SSSR count). The number of anilines is 1. The summed E-state index contributed by atoms with van der Waals surface area (Å²) < 4.78 is 9.50. The molecule has 0 aliphatic rings. The quantitative estimate of drug-likeness (QED) is 0.736. The lowest BCUT2D eigenvalue weighted by Crippen LogP contribution is -2.16. The summed E-state index contributed by atoms with van der Waals surface area (Å²) in [5, 5.41) is 15.3. The normalized spacial score (nSPS) is 11.0. The van der Waals surface area contributed by atoms with Crippen molar-refractivity contribution in [3.05, 3.63) is 45.3 Å². The molecule has 0 saturated carbocycles. The van der Waals surface area contributed by atoms with Crippen molar-refractivity contribution in [1.29, 1.82) is 0 Å². The minimum absolute atomic E-state index is 0.308. The molecular formula is C15H17BrN6O2. The van der Waals surface area contributed by atoms with Gasteiger partial charge in [-0.1, -0.05) is 5.16 Å². The highest BCUT2D eigenvalue weighted by atomic mass is 79.9. The predicted molar refractivity (Wildman–Crippen MR) is 91.0 cm³/mol. The Hall–Kier alpha value is -2.42. The van der Waals surface area contributed by atoms with Crippen molar-refractivity contribution >= 4 is 27.5 Å². The number of hydrogen-bond acceptors (Lipinski definition) is 5. The van der Waals surface area contributed by atoms with E-state index in [1.807, 2.05) is 18.5 Å². The van der Waals surface area contributed by atoms with Gasteiger partial charge in [0.05, 0.1) is 15.9 Å². The van der Waals surface area contributed by atoms with Gasteiger partial charge >= 0.3 is 0 Å². The number of aryl methyl sites for hydroxylation is 3. The zero-order valence-corrected chi connectivity index (χ0v) is 15.4. The lowest BCUT2D eigenvalue weighted by Gasteiger charge is -2.05. The Bertz CT molecular complexity index is 888. The Labute approximate surface area is 146 Å². The third kappa shape index (κ3) is 2.99. The first-order chi connectivity index (χ1) is 11.4. The summed E-state index contributed by atoms with van der Waals surface area (Å²) in [7, 11) is 0. The van der Waals surface area contributed by atoms with Gasteiger partial charge in [-0.25, -0.2) is 4.68 Å². The zero-order valence-electron chi connectivity index (χ0n) is 13.8. The number of nitrogens with one attached hydrogen (secondary N) is 1. The minimum atomic E-state index is -0.308. The van der Waals surface area contributed by atoms with Crippen LogP contribution in [0, 0.1) is 27.7 Å². The van der Waals surface area contributed by atoms with Crippen LogP contribution in [0.4, 0.5) is 5.69 Å². The second-order valence-corrected chi connectivity index (χ2v) is 6.31. The molecule has 3 heterocycles. The molecule has 3 aromatic heterocycles. The molecule has 0 radical (unpaired) electrons. The van der Waals surface area contributed by atoms with Gasteiger partial charge in [0.25, 0.3) is 5.91 Å². The molecule has 0 saturated heterocycles. The first kappa shape index (κ1) is 16.4. The summed E-state index contributed by atoms with van der Waals surface area (Å²) in [5.41, 5.74) is 3.45. The van der Waals surface area contributed by atoms with Crippen molar-refractivity contribution in [1.82, 2.24) is 24.7 Å². The molecule has 0 aromatic carbocycles. The van der Waals surface area contributed by atoms with Crippen LogP contribution in [0.1, 0.15) is 33.3 Å². The number of nitrogens with zero attached hydrogens (tertiary/aromatic N) is 5. The summed E-state index contributed by atoms with van der Waals surface area (Å²) in [6.07, 6.45) is 1.74. The molecule has 0 spiro atoms. The average molecular weight is 393 g/mol. The van der Waals surface area contributed by atoms with E-state index in [0.29, 0.717) is 29.5 Å². The number of amides is 1. The molecule has 24 heavy (non-hydrogen) atoms. The van der Waals surface area contributed by atoms with Crippen LogP contribution in [0.15, 0.2) is 21.3 Å². The highest BCUT2D eigenvalue weighted by Crippen LogP contribution is 2.20. The molecule has 1 amide bonds. The van der Waals surface area contributed by atoms with E-state index in [4.69, 9.17) is 4.52 Å². The lowest BCUT2D eigenvalue weighted by molar-refractivity contribution is 0.102. The van der Waals surface area contributed by atoms with Gasteiger partial charge in [0.15, 0.2) is 11.5 Å². The van der Waals surface area contributed by atoms with E-state index in [1.54, 1.807) is 30.8 Å². The van der Waals surface area contributed by atoms with Gasteiger partial charge in [0.1, 0.15) is 18.1 Å². The van der Waals surface area contributed by atoms with Crippen LogP contribution < -0.4 is 5.32 Å². The van der Waals surface area contributed by atoms with E-state index in [2.05, 4.69) is 36.6 Å². The molecule has 1 N–H and O–H groups in total. The number of rotatable bonds is 4. The molecule has 0 bridgehead atoms. The third-order valence-corrected chi connectivity index (χ3v) is 4.86. The second-order valence-electron chi connectivity index (χ2n) is 5.52. The smallest absolute Gasteiger partial charge is 0.276 e. The summed E-state index contributed by atoms with van der Waals surface area (Å²) in [6.45, 7) is 7.84. The molecular weight excluding hydrogens is 376 g/mol. The summed E-state index contributed by atoms with van der Waals surface area (Å²) in [6, 6.07) is 1.66. The molecule has 0 atom stereocenters. The highest BCUT2D eigenvalue weighted by Gasteiger charge is 2.16. The third-order valence-electron chi connectivity index (χ3n) is 3.72. The molecule has 9 heteroatoms. The first-order valence-corrected chi connectivity index (χ1v) is 8.13. The number of carbonyl (C=O) groups is 1. The van der Waals surface area contributed by atoms with Gasteiger partial charge in [0.2, 0.25) is 0 Å². The SMILES string of the molecule is Cc1nn(Cn2ccc(C(=O)Nc3c(C)noc3C)n2)c(C)c1Br. The van der Waals surface area contributed by atoms with Crippen LogP contribution in [0.5, 0.6) is 0 Å². The Kier molecular flexibility index (Phi) is 4.27. The van der Waals surface area contributed by atoms with E-state index >= 15 is 0 Å². The summed E-state index contributed by atoms with van der Waals surface area (Å²) in [4.78, 5) is 12.3. The van der Waals surface area contributed by atoms with Crippen molar-refractivity contribution in [2.24, 2.45) is 0 Å². The summed E-state index contributed by atoms with van der Waals surface area (Å²) in [5.74, 6) is 0.255. The van der Waals surface area contributed by atoms with Gasteiger partial charge in [-0.2, -0.15) is 10.2 Å². The molecule has 8 nitrogen and oxygen atoms in total. The van der Waals surface area contributed by atoms with E-state index in [-0.39, 0.29) is 5.91 Å². The highest BCUT2D eigenvalue weighted by molar-refractivity contribution is 9.10. The van der Waals surface area contributed by atoms with Crippen LogP contribution >= 0.6 is 15.9 Å². The van der Waals surface area contributed by atoms with Gasteiger partial charge in [-0.05, 0) is 49.7 Å². The second kappa shape index (κ2) is 6.23. The number of aromatic nitrogens is 5. The largest absolute Gasteiger partial charge is 0.359 e. The predicted octanol–water partition coefficient (Wildman–Crippen LogP) is 2.82. The van der Waals surface area contributed by atoms with E-state index < -0.39 is 0 Å². The minimum Gasteiger partial charge on any atom is -0.359 e. The Morgan fingerprint density at radius 2 is 2.00 bits per heavy atom. The van der Waals surface area contributed by atoms with Gasteiger partial charge in [-0.15, -0.1) is 0 Å². The Morgan fingerprint density at radius 1 is 1.25 bits per heavy atom. The maximum Gasteiger partial charge on any atom is 0.276 e. The molecule has 3 aromatic rings. The number of halogens is 1. The zero-order chi connectivity index (χ0) is 17.4. The Morgan fingerprint density at radius 3 is 2.58 bits per heavy atom. The number of hydrogen-bond donors (Lipinski definition) is 1. The topological polar surface area (TPSA) is 90.8 Å². The average Bonchev–Trinajstić information content (AvgIpc) is 3.20. The van der Waals surface area contributed by atoms with Crippen LogP contribution in [-0.4, -0.2) is 30.6 Å². The van der Waals surface area contributed by atoms with E-state index in [9.17, 15) is 4.79 Å². The van der Waals surface area contributed by atoms with Crippen molar-refractivity contribution in [3.63, 3.8) is 0 Å². The summed E-state index contributed by atoms with van der Waals surface area (Å²) >= 11 is 3.50. The fourth-order valence-electron chi connectivity index (χ4n) is 2.35. The van der Waals surface area contributed by atoms with Crippen molar-refractivity contribution < 1.29 is 9.32 Å². The van der Waals surface area contributed by atoms with Gasteiger partial charge < -0.3 is 9.84 Å². The molecule has 0 aliphatic carbocycles.